The van der Waals surface area contributed by atoms with Gasteiger partial charge >= 0.3 is 0 Å². The molecule has 4 nitrogen and oxygen atoms in total. The normalized spacial score (nSPS) is 9.83. The van der Waals surface area contributed by atoms with Crippen molar-refractivity contribution in [2.24, 2.45) is 0 Å². The van der Waals surface area contributed by atoms with Crippen LogP contribution in [0.5, 0.6) is 0 Å². The molecule has 0 fully saturated rings. The third-order valence-electron chi connectivity index (χ3n) is 1.17. The van der Waals surface area contributed by atoms with E-state index < -0.39 is 0 Å². The highest BCUT2D eigenvalue weighted by molar-refractivity contribution is 7.82. The van der Waals surface area contributed by atoms with Crippen LogP contribution in [0.4, 0.5) is 0 Å². The quantitative estimate of drug-likeness (QED) is 0.704. The molecule has 6 heteroatoms. The SMILES string of the molecule is CC(=O)NCCc1nnc(S)s1. The average Bonchev–Trinajstić information content (AvgIpc) is 2.35. The van der Waals surface area contributed by atoms with Crippen LogP contribution in [0.25, 0.3) is 0 Å². The fourth-order valence-corrected chi connectivity index (χ4v) is 1.63. The largest absolute Gasteiger partial charge is 0.356 e. The lowest BCUT2D eigenvalue weighted by atomic mass is 10.4. The Balaban J connectivity index is 2.29. The Labute approximate surface area is 79.8 Å². The maximum Gasteiger partial charge on any atom is 0.216 e. The molecule has 0 unspecified atom stereocenters. The zero-order valence-corrected chi connectivity index (χ0v) is 8.28. The summed E-state index contributed by atoms with van der Waals surface area (Å²) in [5.74, 6) is -0.0226. The van der Waals surface area contributed by atoms with Crippen molar-refractivity contribution in [3.8, 4) is 0 Å². The van der Waals surface area contributed by atoms with Gasteiger partial charge in [-0.1, -0.05) is 11.3 Å². The maximum atomic E-state index is 10.5. The standard InChI is InChI=1S/C6H9N3OS2/c1-4(10)7-3-2-5-8-9-6(11)12-5/h2-3H2,1H3,(H,7,10)(H,9,11). The van der Waals surface area contributed by atoms with Crippen molar-refractivity contribution in [2.45, 2.75) is 17.7 Å². The van der Waals surface area contributed by atoms with Crippen LogP contribution in [0, 0.1) is 0 Å². The smallest absolute Gasteiger partial charge is 0.216 e. The van der Waals surface area contributed by atoms with Gasteiger partial charge in [-0.15, -0.1) is 22.8 Å². The number of carbonyl (C=O) groups is 1. The first-order valence-electron chi connectivity index (χ1n) is 3.44. The molecule has 0 aliphatic carbocycles. The molecule has 0 spiro atoms. The van der Waals surface area contributed by atoms with Crippen molar-refractivity contribution < 1.29 is 4.79 Å². The summed E-state index contributed by atoms with van der Waals surface area (Å²) in [6, 6.07) is 0. The summed E-state index contributed by atoms with van der Waals surface area (Å²) in [4.78, 5) is 10.5. The van der Waals surface area contributed by atoms with E-state index in [1.165, 1.54) is 18.3 Å². The zero-order valence-electron chi connectivity index (χ0n) is 6.57. The van der Waals surface area contributed by atoms with Crippen LogP contribution >= 0.6 is 24.0 Å². The number of aromatic nitrogens is 2. The van der Waals surface area contributed by atoms with Gasteiger partial charge in [0.05, 0.1) is 0 Å². The summed E-state index contributed by atoms with van der Waals surface area (Å²) in [7, 11) is 0. The molecule has 66 valence electrons. The molecule has 1 N–H and O–H groups in total. The lowest BCUT2D eigenvalue weighted by molar-refractivity contribution is -0.118. The van der Waals surface area contributed by atoms with Crippen molar-refractivity contribution in [2.75, 3.05) is 6.54 Å². The van der Waals surface area contributed by atoms with E-state index in [1.54, 1.807) is 0 Å². The predicted octanol–water partition coefficient (Wildman–Crippen LogP) is 0.505. The number of rotatable bonds is 3. The summed E-state index contributed by atoms with van der Waals surface area (Å²) in [6.07, 6.45) is 0.720. The van der Waals surface area contributed by atoms with E-state index in [-0.39, 0.29) is 5.91 Å². The van der Waals surface area contributed by atoms with Gasteiger partial charge in [-0.3, -0.25) is 4.79 Å². The van der Waals surface area contributed by atoms with Crippen LogP contribution in [-0.2, 0) is 11.2 Å². The first-order chi connectivity index (χ1) is 5.68. The number of hydrogen-bond donors (Lipinski definition) is 2. The van der Waals surface area contributed by atoms with Crippen LogP contribution in [0.2, 0.25) is 0 Å². The lowest BCUT2D eigenvalue weighted by Gasteiger charge is -1.96. The Kier molecular flexibility index (Phi) is 3.48. The van der Waals surface area contributed by atoms with Crippen molar-refractivity contribution in [1.29, 1.82) is 0 Å². The molecular formula is C6H9N3OS2. The number of thiol groups is 1. The van der Waals surface area contributed by atoms with Gasteiger partial charge in [0.2, 0.25) is 5.91 Å². The van der Waals surface area contributed by atoms with Crippen molar-refractivity contribution >= 4 is 29.9 Å². The molecule has 1 rings (SSSR count). The van der Waals surface area contributed by atoms with Crippen LogP contribution in [0.15, 0.2) is 4.34 Å². The summed E-state index contributed by atoms with van der Waals surface area (Å²) in [6.45, 7) is 2.10. The van der Waals surface area contributed by atoms with Gasteiger partial charge in [-0.05, 0) is 0 Å². The summed E-state index contributed by atoms with van der Waals surface area (Å²) < 4.78 is 0.660. The number of carbonyl (C=O) groups excluding carboxylic acids is 1. The van der Waals surface area contributed by atoms with Gasteiger partial charge in [0.25, 0.3) is 0 Å². The number of amides is 1. The van der Waals surface area contributed by atoms with E-state index in [4.69, 9.17) is 0 Å². The summed E-state index contributed by atoms with van der Waals surface area (Å²) in [5, 5.41) is 11.2. The van der Waals surface area contributed by atoms with Crippen LogP contribution < -0.4 is 5.32 Å². The number of nitrogens with zero attached hydrogens (tertiary/aromatic N) is 2. The fraction of sp³-hybridized carbons (Fsp3) is 0.500. The third-order valence-corrected chi connectivity index (χ3v) is 2.32. The van der Waals surface area contributed by atoms with Crippen molar-refractivity contribution in [1.82, 2.24) is 15.5 Å². The number of hydrogen-bond acceptors (Lipinski definition) is 5. The molecule has 12 heavy (non-hydrogen) atoms. The maximum absolute atomic E-state index is 10.5. The van der Waals surface area contributed by atoms with E-state index in [1.807, 2.05) is 0 Å². The van der Waals surface area contributed by atoms with Gasteiger partial charge in [0.1, 0.15) is 5.01 Å². The molecule has 1 aromatic heterocycles. The molecular weight excluding hydrogens is 194 g/mol. The van der Waals surface area contributed by atoms with Crippen LogP contribution in [-0.4, -0.2) is 22.6 Å². The minimum absolute atomic E-state index is 0.0226. The molecule has 0 saturated heterocycles. The Bertz CT molecular complexity index is 274. The topological polar surface area (TPSA) is 54.9 Å². The molecule has 0 saturated carbocycles. The minimum Gasteiger partial charge on any atom is -0.356 e. The molecule has 0 bridgehead atoms. The molecule has 0 atom stereocenters. The fourth-order valence-electron chi connectivity index (χ4n) is 0.691. The second-order valence-corrected chi connectivity index (χ2v) is 4.00. The molecule has 0 aromatic carbocycles. The highest BCUT2D eigenvalue weighted by Gasteiger charge is 2.00. The third kappa shape index (κ3) is 3.19. The van der Waals surface area contributed by atoms with Gasteiger partial charge in [-0.25, -0.2) is 0 Å². The monoisotopic (exact) mass is 203 g/mol. The minimum atomic E-state index is -0.0226. The first-order valence-corrected chi connectivity index (χ1v) is 4.70. The summed E-state index contributed by atoms with van der Waals surface area (Å²) in [5.41, 5.74) is 0. The Morgan fingerprint density at radius 3 is 2.92 bits per heavy atom. The van der Waals surface area contributed by atoms with Crippen molar-refractivity contribution in [3.05, 3.63) is 5.01 Å². The van der Waals surface area contributed by atoms with Gasteiger partial charge in [0, 0.05) is 19.9 Å². The van der Waals surface area contributed by atoms with Crippen LogP contribution in [0.3, 0.4) is 0 Å². The molecule has 1 amide bonds. The van der Waals surface area contributed by atoms with E-state index in [2.05, 4.69) is 28.1 Å². The van der Waals surface area contributed by atoms with Gasteiger partial charge in [0.15, 0.2) is 4.34 Å². The molecule has 1 heterocycles. The molecule has 0 aliphatic heterocycles. The lowest BCUT2D eigenvalue weighted by Crippen LogP contribution is -2.22. The van der Waals surface area contributed by atoms with E-state index >= 15 is 0 Å². The highest BCUT2D eigenvalue weighted by Crippen LogP contribution is 2.12. The van der Waals surface area contributed by atoms with E-state index in [9.17, 15) is 4.79 Å². The van der Waals surface area contributed by atoms with Gasteiger partial charge in [-0.2, -0.15) is 0 Å². The van der Waals surface area contributed by atoms with E-state index in [0.717, 1.165) is 11.4 Å². The molecule has 1 aromatic rings. The zero-order chi connectivity index (χ0) is 8.97. The predicted molar refractivity (Wildman–Crippen MR) is 49.5 cm³/mol. The number of nitrogens with one attached hydrogen (secondary N) is 1. The van der Waals surface area contributed by atoms with Crippen molar-refractivity contribution in [3.63, 3.8) is 0 Å². The molecule has 0 aliphatic rings. The van der Waals surface area contributed by atoms with E-state index in [0.29, 0.717) is 10.9 Å². The average molecular weight is 203 g/mol. The van der Waals surface area contributed by atoms with Gasteiger partial charge < -0.3 is 5.32 Å². The second-order valence-electron chi connectivity index (χ2n) is 2.21. The highest BCUT2D eigenvalue weighted by atomic mass is 32.2. The molecule has 0 radical (unpaired) electrons. The second kappa shape index (κ2) is 4.42. The van der Waals surface area contributed by atoms with Crippen LogP contribution in [0.1, 0.15) is 11.9 Å². The Hall–Kier alpha value is -0.620. The Morgan fingerprint density at radius 2 is 2.42 bits per heavy atom. The first kappa shape index (κ1) is 9.47. The Morgan fingerprint density at radius 1 is 1.67 bits per heavy atom. The summed E-state index contributed by atoms with van der Waals surface area (Å²) >= 11 is 5.46.